The van der Waals surface area contributed by atoms with Gasteiger partial charge in [-0.3, -0.25) is 4.90 Å². The average molecular weight is 248 g/mol. The SMILES string of the molecule is CCCC1CCN(Cc2ccnc(NN)c2)CC1. The van der Waals surface area contributed by atoms with E-state index >= 15 is 0 Å². The minimum absolute atomic E-state index is 0.744. The molecule has 1 aromatic rings. The molecule has 0 saturated carbocycles. The van der Waals surface area contributed by atoms with E-state index in [1.807, 2.05) is 12.3 Å². The summed E-state index contributed by atoms with van der Waals surface area (Å²) >= 11 is 0. The maximum Gasteiger partial charge on any atom is 0.140 e. The molecule has 1 aliphatic heterocycles. The predicted molar refractivity (Wildman–Crippen MR) is 75.0 cm³/mol. The van der Waals surface area contributed by atoms with Crippen LogP contribution in [0.4, 0.5) is 5.82 Å². The molecule has 0 aromatic carbocycles. The molecule has 18 heavy (non-hydrogen) atoms. The molecule has 1 aromatic heterocycles. The zero-order valence-corrected chi connectivity index (χ0v) is 11.2. The van der Waals surface area contributed by atoms with Crippen molar-refractivity contribution in [2.75, 3.05) is 18.5 Å². The Morgan fingerprint density at radius 1 is 1.44 bits per heavy atom. The minimum atomic E-state index is 0.744. The molecule has 1 fully saturated rings. The maximum atomic E-state index is 5.38. The Bertz CT molecular complexity index is 359. The molecule has 2 heterocycles. The standard InChI is InChI=1S/C14H24N4/c1-2-3-12-5-8-18(9-6-12)11-13-4-7-16-14(10-13)17-15/h4,7,10,12H,2-3,5-6,8-9,11,15H2,1H3,(H,16,17). The van der Waals surface area contributed by atoms with E-state index in [1.54, 1.807) is 0 Å². The van der Waals surface area contributed by atoms with E-state index in [0.29, 0.717) is 0 Å². The fraction of sp³-hybridized carbons (Fsp3) is 0.643. The Labute approximate surface area is 110 Å². The Kier molecular flexibility index (Phi) is 4.96. The Morgan fingerprint density at radius 2 is 2.22 bits per heavy atom. The molecule has 0 radical (unpaired) electrons. The summed E-state index contributed by atoms with van der Waals surface area (Å²) in [6, 6.07) is 4.09. The molecule has 0 amide bonds. The number of likely N-dealkylation sites (tertiary alicyclic amines) is 1. The van der Waals surface area contributed by atoms with Gasteiger partial charge in [-0.1, -0.05) is 19.8 Å². The number of piperidine rings is 1. The lowest BCUT2D eigenvalue weighted by Crippen LogP contribution is -2.33. The van der Waals surface area contributed by atoms with Gasteiger partial charge in [-0.2, -0.15) is 0 Å². The van der Waals surface area contributed by atoms with Crippen molar-refractivity contribution in [3.63, 3.8) is 0 Å². The zero-order valence-electron chi connectivity index (χ0n) is 11.2. The van der Waals surface area contributed by atoms with Gasteiger partial charge in [0.05, 0.1) is 0 Å². The molecule has 4 nitrogen and oxygen atoms in total. The minimum Gasteiger partial charge on any atom is -0.308 e. The molecule has 3 N–H and O–H groups in total. The monoisotopic (exact) mass is 248 g/mol. The van der Waals surface area contributed by atoms with Crippen LogP contribution in [0.2, 0.25) is 0 Å². The third-order valence-corrected chi connectivity index (χ3v) is 3.78. The Balaban J connectivity index is 1.83. The van der Waals surface area contributed by atoms with E-state index in [0.717, 1.165) is 18.3 Å². The lowest BCUT2D eigenvalue weighted by Gasteiger charge is -2.31. The van der Waals surface area contributed by atoms with Crippen LogP contribution < -0.4 is 11.3 Å². The number of hydrogen-bond donors (Lipinski definition) is 2. The van der Waals surface area contributed by atoms with Gasteiger partial charge in [0.25, 0.3) is 0 Å². The number of nitrogens with zero attached hydrogens (tertiary/aromatic N) is 2. The van der Waals surface area contributed by atoms with Gasteiger partial charge in [0.2, 0.25) is 0 Å². The number of aromatic nitrogens is 1. The number of hydrogen-bond acceptors (Lipinski definition) is 4. The van der Waals surface area contributed by atoms with Crippen molar-refractivity contribution < 1.29 is 0 Å². The first-order valence-electron chi connectivity index (χ1n) is 6.95. The summed E-state index contributed by atoms with van der Waals surface area (Å²) in [5.74, 6) is 7.07. The lowest BCUT2D eigenvalue weighted by atomic mass is 9.92. The molecule has 0 bridgehead atoms. The molecule has 100 valence electrons. The second kappa shape index (κ2) is 6.71. The average Bonchev–Trinajstić information content (AvgIpc) is 2.42. The number of rotatable bonds is 5. The van der Waals surface area contributed by atoms with Gasteiger partial charge in [-0.25, -0.2) is 10.8 Å². The first kappa shape index (κ1) is 13.3. The highest BCUT2D eigenvalue weighted by atomic mass is 15.2. The number of nitrogens with two attached hydrogens (primary N) is 1. The van der Waals surface area contributed by atoms with Gasteiger partial charge < -0.3 is 5.43 Å². The Morgan fingerprint density at radius 3 is 2.89 bits per heavy atom. The van der Waals surface area contributed by atoms with Crippen LogP contribution >= 0.6 is 0 Å². The highest BCUT2D eigenvalue weighted by Gasteiger charge is 2.18. The quantitative estimate of drug-likeness (QED) is 0.620. The smallest absolute Gasteiger partial charge is 0.140 e. The normalized spacial score (nSPS) is 17.9. The molecule has 1 saturated heterocycles. The van der Waals surface area contributed by atoms with E-state index in [-0.39, 0.29) is 0 Å². The third kappa shape index (κ3) is 3.68. The van der Waals surface area contributed by atoms with Crippen LogP contribution in [0.1, 0.15) is 38.2 Å². The largest absolute Gasteiger partial charge is 0.308 e. The number of pyridine rings is 1. The van der Waals surface area contributed by atoms with Crippen LogP contribution in [-0.2, 0) is 6.54 Å². The van der Waals surface area contributed by atoms with Crippen molar-refractivity contribution >= 4 is 5.82 Å². The fourth-order valence-electron chi connectivity index (χ4n) is 2.75. The van der Waals surface area contributed by atoms with Crippen LogP contribution in [0.15, 0.2) is 18.3 Å². The summed E-state index contributed by atoms with van der Waals surface area (Å²) in [5, 5.41) is 0. The molecule has 0 aliphatic carbocycles. The maximum absolute atomic E-state index is 5.38. The summed E-state index contributed by atoms with van der Waals surface area (Å²) in [6.07, 6.45) is 7.22. The second-order valence-electron chi connectivity index (χ2n) is 5.20. The highest BCUT2D eigenvalue weighted by molar-refractivity contribution is 5.35. The molecule has 4 heteroatoms. The van der Waals surface area contributed by atoms with Crippen molar-refractivity contribution in [2.45, 2.75) is 39.2 Å². The lowest BCUT2D eigenvalue weighted by molar-refractivity contribution is 0.172. The van der Waals surface area contributed by atoms with Gasteiger partial charge in [-0.15, -0.1) is 0 Å². The van der Waals surface area contributed by atoms with Gasteiger partial charge in [-0.05, 0) is 49.5 Å². The number of nitrogen functional groups attached to an aromatic ring is 1. The van der Waals surface area contributed by atoms with E-state index < -0.39 is 0 Å². The molecule has 0 atom stereocenters. The number of hydrazine groups is 1. The second-order valence-corrected chi connectivity index (χ2v) is 5.20. The molecule has 1 aliphatic rings. The van der Waals surface area contributed by atoms with Gasteiger partial charge >= 0.3 is 0 Å². The van der Waals surface area contributed by atoms with Gasteiger partial charge in [0, 0.05) is 12.7 Å². The first-order valence-corrected chi connectivity index (χ1v) is 6.95. The molecular formula is C14H24N4. The van der Waals surface area contributed by atoms with E-state index in [1.165, 1.54) is 44.3 Å². The molecule has 0 spiro atoms. The predicted octanol–water partition coefficient (Wildman–Crippen LogP) is 2.38. The summed E-state index contributed by atoms with van der Waals surface area (Å²) in [7, 11) is 0. The van der Waals surface area contributed by atoms with Crippen molar-refractivity contribution in [2.24, 2.45) is 11.8 Å². The van der Waals surface area contributed by atoms with Crippen LogP contribution in [0.25, 0.3) is 0 Å². The highest BCUT2D eigenvalue weighted by Crippen LogP contribution is 2.23. The summed E-state index contributed by atoms with van der Waals surface area (Å²) in [5.41, 5.74) is 3.88. The van der Waals surface area contributed by atoms with Gasteiger partial charge in [0.15, 0.2) is 0 Å². The third-order valence-electron chi connectivity index (χ3n) is 3.78. The fourth-order valence-corrected chi connectivity index (χ4v) is 2.75. The van der Waals surface area contributed by atoms with Crippen LogP contribution in [0.3, 0.4) is 0 Å². The first-order chi connectivity index (χ1) is 8.81. The van der Waals surface area contributed by atoms with Crippen LogP contribution in [0, 0.1) is 5.92 Å². The number of anilines is 1. The number of nitrogens with one attached hydrogen (secondary N) is 1. The Hall–Kier alpha value is -1.13. The summed E-state index contributed by atoms with van der Waals surface area (Å²) < 4.78 is 0. The zero-order chi connectivity index (χ0) is 12.8. The summed E-state index contributed by atoms with van der Waals surface area (Å²) in [4.78, 5) is 6.66. The van der Waals surface area contributed by atoms with Crippen molar-refractivity contribution in [1.29, 1.82) is 0 Å². The van der Waals surface area contributed by atoms with Crippen molar-refractivity contribution in [3.8, 4) is 0 Å². The van der Waals surface area contributed by atoms with E-state index in [9.17, 15) is 0 Å². The molecular weight excluding hydrogens is 224 g/mol. The topological polar surface area (TPSA) is 54.2 Å². The van der Waals surface area contributed by atoms with E-state index in [4.69, 9.17) is 5.84 Å². The van der Waals surface area contributed by atoms with Gasteiger partial charge in [0.1, 0.15) is 5.82 Å². The van der Waals surface area contributed by atoms with Crippen LogP contribution in [-0.4, -0.2) is 23.0 Å². The molecule has 0 unspecified atom stereocenters. The van der Waals surface area contributed by atoms with E-state index in [2.05, 4.69) is 28.3 Å². The van der Waals surface area contributed by atoms with Crippen molar-refractivity contribution in [1.82, 2.24) is 9.88 Å². The van der Waals surface area contributed by atoms with Crippen LogP contribution in [0.5, 0.6) is 0 Å². The summed E-state index contributed by atoms with van der Waals surface area (Å²) in [6.45, 7) is 5.73. The molecule has 2 rings (SSSR count). The van der Waals surface area contributed by atoms with Crippen molar-refractivity contribution in [3.05, 3.63) is 23.9 Å².